The lowest BCUT2D eigenvalue weighted by Crippen LogP contribution is -2.11. The smallest absolute Gasteiger partial charge is 0.303 e. The van der Waals surface area contributed by atoms with E-state index in [0.29, 0.717) is 5.02 Å². The van der Waals surface area contributed by atoms with E-state index >= 15 is 0 Å². The molecule has 0 aliphatic rings. The second kappa shape index (κ2) is 6.41. The van der Waals surface area contributed by atoms with Gasteiger partial charge in [-0.1, -0.05) is 41.7 Å². The van der Waals surface area contributed by atoms with Crippen LogP contribution in [0.2, 0.25) is 15.1 Å². The van der Waals surface area contributed by atoms with Crippen molar-refractivity contribution in [1.82, 2.24) is 0 Å². The third-order valence-electron chi connectivity index (χ3n) is 2.34. The van der Waals surface area contributed by atoms with Crippen molar-refractivity contribution in [1.29, 1.82) is 0 Å². The summed E-state index contributed by atoms with van der Waals surface area (Å²) in [5.41, 5.74) is 0.194. The molecule has 0 saturated heterocycles. The molecular formula is C12H11Cl3O3. The molecule has 3 nitrogen and oxygen atoms in total. The van der Waals surface area contributed by atoms with Crippen LogP contribution in [0.3, 0.4) is 0 Å². The predicted molar refractivity (Wildman–Crippen MR) is 71.8 cm³/mol. The normalized spacial score (nSPS) is 12.2. The Balaban J connectivity index is 2.88. The van der Waals surface area contributed by atoms with Gasteiger partial charge >= 0.3 is 5.97 Å². The Morgan fingerprint density at radius 2 is 1.67 bits per heavy atom. The molecule has 0 fully saturated rings. The number of carboxylic acids is 1. The summed E-state index contributed by atoms with van der Waals surface area (Å²) in [6.45, 7) is 1.68. The maximum Gasteiger partial charge on any atom is 0.303 e. The summed E-state index contributed by atoms with van der Waals surface area (Å²) in [4.78, 5) is 22.5. The number of Topliss-reactive ketones (excluding diaryl/α,β-unsaturated/α-hetero) is 1. The van der Waals surface area contributed by atoms with E-state index in [4.69, 9.17) is 39.9 Å². The lowest BCUT2D eigenvalue weighted by molar-refractivity contribution is -0.137. The molecule has 18 heavy (non-hydrogen) atoms. The van der Waals surface area contributed by atoms with Crippen LogP contribution in [0.5, 0.6) is 0 Å². The minimum atomic E-state index is -0.941. The molecule has 1 atom stereocenters. The van der Waals surface area contributed by atoms with Crippen molar-refractivity contribution < 1.29 is 14.7 Å². The first-order valence-corrected chi connectivity index (χ1v) is 6.34. The number of carbonyl (C=O) groups is 2. The highest BCUT2D eigenvalue weighted by Crippen LogP contribution is 2.30. The molecule has 0 aliphatic heterocycles. The van der Waals surface area contributed by atoms with Crippen molar-refractivity contribution in [3.63, 3.8) is 0 Å². The fourth-order valence-electron chi connectivity index (χ4n) is 1.60. The number of hydrogen-bond acceptors (Lipinski definition) is 2. The first-order valence-electron chi connectivity index (χ1n) is 5.20. The molecule has 0 aliphatic carbocycles. The average Bonchev–Trinajstić information content (AvgIpc) is 2.12. The summed E-state index contributed by atoms with van der Waals surface area (Å²) >= 11 is 17.6. The van der Waals surface area contributed by atoms with Crippen LogP contribution >= 0.6 is 34.8 Å². The van der Waals surface area contributed by atoms with E-state index in [2.05, 4.69) is 0 Å². The number of rotatable bonds is 5. The van der Waals surface area contributed by atoms with Crippen LogP contribution < -0.4 is 0 Å². The molecule has 0 saturated carbocycles. The Labute approximate surface area is 120 Å². The number of carbonyl (C=O) groups excluding carboxylic acids is 1. The third-order valence-corrected chi connectivity index (χ3v) is 3.16. The van der Waals surface area contributed by atoms with Crippen LogP contribution in [0.1, 0.15) is 30.1 Å². The Morgan fingerprint density at radius 3 is 2.11 bits per heavy atom. The van der Waals surface area contributed by atoms with Crippen LogP contribution in [0.15, 0.2) is 12.1 Å². The van der Waals surface area contributed by atoms with E-state index in [0.717, 1.165) is 0 Å². The van der Waals surface area contributed by atoms with Crippen LogP contribution in [-0.2, 0) is 4.79 Å². The summed E-state index contributed by atoms with van der Waals surface area (Å²) in [5, 5.41) is 9.34. The van der Waals surface area contributed by atoms with Gasteiger partial charge in [-0.2, -0.15) is 0 Å². The number of carboxylic acid groups (broad SMARTS) is 1. The van der Waals surface area contributed by atoms with E-state index in [-0.39, 0.29) is 40.2 Å². The van der Waals surface area contributed by atoms with Crippen molar-refractivity contribution in [3.8, 4) is 0 Å². The van der Waals surface area contributed by atoms with Gasteiger partial charge in [-0.15, -0.1) is 0 Å². The van der Waals surface area contributed by atoms with Gasteiger partial charge in [-0.25, -0.2) is 0 Å². The van der Waals surface area contributed by atoms with E-state index < -0.39 is 5.97 Å². The molecular weight excluding hydrogens is 298 g/mol. The van der Waals surface area contributed by atoms with Gasteiger partial charge in [-0.05, 0) is 18.1 Å². The van der Waals surface area contributed by atoms with E-state index in [9.17, 15) is 9.59 Å². The first kappa shape index (κ1) is 15.3. The monoisotopic (exact) mass is 308 g/mol. The zero-order chi connectivity index (χ0) is 13.9. The molecule has 0 aromatic heterocycles. The van der Waals surface area contributed by atoms with Crippen molar-refractivity contribution in [3.05, 3.63) is 32.8 Å². The summed E-state index contributed by atoms with van der Waals surface area (Å²) in [6, 6.07) is 2.87. The minimum absolute atomic E-state index is 0.0748. The Bertz CT molecular complexity index is 462. The van der Waals surface area contributed by atoms with Gasteiger partial charge < -0.3 is 5.11 Å². The zero-order valence-electron chi connectivity index (χ0n) is 9.54. The summed E-state index contributed by atoms with van der Waals surface area (Å²) < 4.78 is 0. The van der Waals surface area contributed by atoms with Gasteiger partial charge in [0.2, 0.25) is 0 Å². The molecule has 6 heteroatoms. The van der Waals surface area contributed by atoms with Gasteiger partial charge in [-0.3, -0.25) is 9.59 Å². The summed E-state index contributed by atoms with van der Waals surface area (Å²) in [5.74, 6) is -1.50. The summed E-state index contributed by atoms with van der Waals surface area (Å²) in [7, 11) is 0. The van der Waals surface area contributed by atoms with Gasteiger partial charge in [0.1, 0.15) is 0 Å². The molecule has 0 spiro atoms. The van der Waals surface area contributed by atoms with E-state index in [1.807, 2.05) is 0 Å². The molecule has 0 heterocycles. The molecule has 1 aromatic rings. The molecule has 0 amide bonds. The molecule has 98 valence electrons. The van der Waals surface area contributed by atoms with Crippen molar-refractivity contribution in [2.45, 2.75) is 19.8 Å². The van der Waals surface area contributed by atoms with Gasteiger partial charge in [0, 0.05) is 17.9 Å². The molecule has 0 radical (unpaired) electrons. The SMILES string of the molecule is CC(CC(=O)O)CC(=O)c1c(Cl)cc(Cl)cc1Cl. The Morgan fingerprint density at radius 1 is 1.17 bits per heavy atom. The van der Waals surface area contributed by atoms with Crippen LogP contribution in [0.25, 0.3) is 0 Å². The minimum Gasteiger partial charge on any atom is -0.481 e. The fourth-order valence-corrected chi connectivity index (χ4v) is 2.63. The fraction of sp³-hybridized carbons (Fsp3) is 0.333. The van der Waals surface area contributed by atoms with Gasteiger partial charge in [0.15, 0.2) is 5.78 Å². The maximum absolute atomic E-state index is 12.0. The standard InChI is InChI=1S/C12H11Cl3O3/c1-6(3-11(17)18)2-10(16)12-8(14)4-7(13)5-9(12)15/h4-6H,2-3H2,1H3,(H,17,18). The molecule has 0 bridgehead atoms. The first-order chi connectivity index (χ1) is 8.31. The van der Waals surface area contributed by atoms with Crippen LogP contribution in [-0.4, -0.2) is 16.9 Å². The Hall–Kier alpha value is -0.770. The zero-order valence-corrected chi connectivity index (χ0v) is 11.8. The topological polar surface area (TPSA) is 54.4 Å². The summed E-state index contributed by atoms with van der Waals surface area (Å²) in [6.07, 6.45) is 0.00192. The van der Waals surface area contributed by atoms with Crippen LogP contribution in [0, 0.1) is 5.92 Å². The lowest BCUT2D eigenvalue weighted by Gasteiger charge is -2.10. The van der Waals surface area contributed by atoms with Crippen molar-refractivity contribution in [2.24, 2.45) is 5.92 Å². The second-order valence-electron chi connectivity index (χ2n) is 4.07. The molecule has 1 unspecified atom stereocenters. The second-order valence-corrected chi connectivity index (χ2v) is 5.33. The average molecular weight is 310 g/mol. The third kappa shape index (κ3) is 4.16. The molecule has 1 rings (SSSR count). The van der Waals surface area contributed by atoms with Crippen molar-refractivity contribution in [2.75, 3.05) is 0 Å². The number of aliphatic carboxylic acids is 1. The number of benzene rings is 1. The highest BCUT2D eigenvalue weighted by Gasteiger charge is 2.19. The lowest BCUT2D eigenvalue weighted by atomic mass is 9.97. The molecule has 1 N–H and O–H groups in total. The number of halogens is 3. The Kier molecular flexibility index (Phi) is 5.45. The van der Waals surface area contributed by atoms with Gasteiger partial charge in [0.05, 0.1) is 15.6 Å². The van der Waals surface area contributed by atoms with Crippen molar-refractivity contribution >= 4 is 46.6 Å². The highest BCUT2D eigenvalue weighted by molar-refractivity contribution is 6.42. The predicted octanol–water partition coefficient (Wildman–Crippen LogP) is 4.33. The quantitative estimate of drug-likeness (QED) is 0.824. The maximum atomic E-state index is 12.0. The number of hydrogen-bond donors (Lipinski definition) is 1. The van der Waals surface area contributed by atoms with E-state index in [1.54, 1.807) is 6.92 Å². The van der Waals surface area contributed by atoms with Crippen LogP contribution in [0.4, 0.5) is 0 Å². The largest absolute Gasteiger partial charge is 0.481 e. The van der Waals surface area contributed by atoms with E-state index in [1.165, 1.54) is 12.1 Å². The number of ketones is 1. The molecule has 1 aromatic carbocycles. The highest BCUT2D eigenvalue weighted by atomic mass is 35.5. The van der Waals surface area contributed by atoms with Gasteiger partial charge in [0.25, 0.3) is 0 Å².